The van der Waals surface area contributed by atoms with Gasteiger partial charge in [0.15, 0.2) is 0 Å². The van der Waals surface area contributed by atoms with E-state index in [1.54, 1.807) is 0 Å². The van der Waals surface area contributed by atoms with Crippen LogP contribution in [0.2, 0.25) is 5.79 Å². The Morgan fingerprint density at radius 1 is 0.833 bits per heavy atom. The zero-order chi connectivity index (χ0) is 14.1. The second-order valence-corrected chi connectivity index (χ2v) is 7.65. The maximum atomic E-state index is 4.82. The van der Waals surface area contributed by atoms with Gasteiger partial charge in [-0.2, -0.15) is 17.8 Å². The molecule has 4 radical (unpaired) electrons. The average molecular weight is 334 g/mol. The third-order valence-corrected chi connectivity index (χ3v) is 2.60. The van der Waals surface area contributed by atoms with Crippen LogP contribution in [0, 0.1) is 38.5 Å². The molecule has 0 atom stereocenters. The van der Waals surface area contributed by atoms with Crippen LogP contribution in [0.5, 0.6) is 0 Å². The largest absolute Gasteiger partial charge is 3.00 e. The van der Waals surface area contributed by atoms with Crippen LogP contribution >= 0.6 is 0 Å². The minimum atomic E-state index is -0.0139. The molecule has 0 aliphatic rings. The van der Waals surface area contributed by atoms with Crippen LogP contribution in [-0.2, 0) is 24.6 Å². The van der Waals surface area contributed by atoms with Gasteiger partial charge in [0, 0.05) is 17.4 Å². The Bertz CT molecular complexity index is 67.8. The zero-order valence-electron chi connectivity index (χ0n) is 14.0. The first-order chi connectivity index (χ1) is 7.11. The van der Waals surface area contributed by atoms with Crippen molar-refractivity contribution in [1.29, 1.82) is 0 Å². The molecule has 18 heavy (non-hydrogen) atoms. The molecule has 0 heterocycles. The Morgan fingerprint density at radius 3 is 0.889 bits per heavy atom. The minimum absolute atomic E-state index is 0. The summed E-state index contributed by atoms with van der Waals surface area (Å²) in [6.07, 6.45) is 0. The molecular formula is C13H33Al3OTi. The first-order valence-corrected chi connectivity index (χ1v) is 8.90. The van der Waals surface area contributed by atoms with E-state index in [0.29, 0.717) is 17.8 Å². The Labute approximate surface area is 158 Å². The molecule has 0 saturated carbocycles. The van der Waals surface area contributed by atoms with Gasteiger partial charge in [-0.25, -0.2) is 0 Å². The predicted molar refractivity (Wildman–Crippen MR) is 89.0 cm³/mol. The fourth-order valence-electron chi connectivity index (χ4n) is 0. The third kappa shape index (κ3) is 509. The van der Waals surface area contributed by atoms with Crippen molar-refractivity contribution in [1.82, 2.24) is 0 Å². The monoisotopic (exact) mass is 334 g/mol. The van der Waals surface area contributed by atoms with E-state index in [1.165, 1.54) is 0 Å². The summed E-state index contributed by atoms with van der Waals surface area (Å²) in [5.41, 5.74) is 0. The number of rotatable bonds is 1. The first-order valence-electron chi connectivity index (χ1n) is 6.09. The van der Waals surface area contributed by atoms with Crippen LogP contribution in [0.3, 0.4) is 0 Å². The van der Waals surface area contributed by atoms with Crippen LogP contribution < -0.4 is 0 Å². The van der Waals surface area contributed by atoms with E-state index >= 15 is 0 Å². The SMILES string of the molecule is [Al].[CH2-]C(C)C.[CH2-]C(C)C.[CH2-]C(C)C.[CH3][AlH][O][AlH2].[Ti+3]. The fourth-order valence-corrected chi connectivity index (χ4v) is 0. The maximum absolute atomic E-state index is 4.82. The molecule has 0 unspecified atom stereocenters. The fraction of sp³-hybridized carbons (Fsp3) is 0.769. The van der Waals surface area contributed by atoms with Crippen molar-refractivity contribution in [3.05, 3.63) is 20.8 Å². The topological polar surface area (TPSA) is 9.23 Å². The first kappa shape index (κ1) is 37.0. The van der Waals surface area contributed by atoms with E-state index in [2.05, 4.69) is 68.1 Å². The molecule has 0 aliphatic heterocycles. The summed E-state index contributed by atoms with van der Waals surface area (Å²) in [4.78, 5) is 0. The summed E-state index contributed by atoms with van der Waals surface area (Å²) in [5, 5.41) is 0. The standard InChI is InChI=1S/3C4H9.CH3.3Al.O.Ti.3H/c3*1-4(2)3;;;;;;;;;/h3*4H,1H2,2-3H3;1H3;;;;;;;;/q3*-1;;;;;;+3;;;. The van der Waals surface area contributed by atoms with Crippen molar-refractivity contribution in [2.45, 2.75) is 47.3 Å². The number of hydrogen-bond acceptors (Lipinski definition) is 1. The van der Waals surface area contributed by atoms with Gasteiger partial charge in [0.25, 0.3) is 0 Å². The van der Waals surface area contributed by atoms with Crippen molar-refractivity contribution in [3.8, 4) is 0 Å². The Morgan fingerprint density at radius 2 is 0.889 bits per heavy atom. The Balaban J connectivity index is -0.0000000257. The molecule has 104 valence electrons. The summed E-state index contributed by atoms with van der Waals surface area (Å²) < 4.78 is 4.82. The van der Waals surface area contributed by atoms with Gasteiger partial charge in [0.1, 0.15) is 0 Å². The summed E-state index contributed by atoms with van der Waals surface area (Å²) in [5.74, 6) is 3.88. The summed E-state index contributed by atoms with van der Waals surface area (Å²) >= 11 is 0.938. The van der Waals surface area contributed by atoms with E-state index in [1.807, 2.05) is 0 Å². The van der Waals surface area contributed by atoms with Gasteiger partial charge in [0.2, 0.25) is 0 Å². The normalized spacial score (nSPS) is 7.39. The van der Waals surface area contributed by atoms with Gasteiger partial charge in [0.05, 0.1) is 0 Å². The van der Waals surface area contributed by atoms with Crippen molar-refractivity contribution >= 4 is 49.5 Å². The Kier molecular flexibility index (Phi) is 75.0. The maximum Gasteiger partial charge on any atom is 3.00 e. The van der Waals surface area contributed by atoms with Gasteiger partial charge >= 0.3 is 53.9 Å². The molecule has 5 heteroatoms. The molecule has 0 spiro atoms. The third-order valence-electron chi connectivity index (χ3n) is 0.289. The average Bonchev–Trinajstić information content (AvgIpc) is 2.00. The van der Waals surface area contributed by atoms with Crippen LogP contribution in [0.1, 0.15) is 41.5 Å². The summed E-state index contributed by atoms with van der Waals surface area (Å²) in [7, 11) is 0. The quantitative estimate of drug-likeness (QED) is 0.529. The van der Waals surface area contributed by atoms with Crippen LogP contribution in [0.25, 0.3) is 0 Å². The molecule has 0 rings (SSSR count). The van der Waals surface area contributed by atoms with E-state index in [0.717, 1.165) is 16.6 Å². The van der Waals surface area contributed by atoms with Crippen LogP contribution in [-0.4, -0.2) is 49.5 Å². The smallest absolute Gasteiger partial charge is 0.645 e. The second kappa shape index (κ2) is 36.5. The van der Waals surface area contributed by atoms with E-state index in [9.17, 15) is 0 Å². The van der Waals surface area contributed by atoms with Crippen LogP contribution in [0.4, 0.5) is 0 Å². The van der Waals surface area contributed by atoms with Crippen LogP contribution in [0.15, 0.2) is 0 Å². The summed E-state index contributed by atoms with van der Waals surface area (Å²) in [6.45, 7) is 23.2. The van der Waals surface area contributed by atoms with Gasteiger partial charge in [-0.1, -0.05) is 47.3 Å². The number of hydrogen-bond donors (Lipinski definition) is 0. The second-order valence-electron chi connectivity index (χ2n) is 4.76. The molecular weight excluding hydrogens is 301 g/mol. The molecule has 0 bridgehead atoms. The van der Waals surface area contributed by atoms with Gasteiger partial charge in [-0.3, -0.25) is 0 Å². The molecule has 0 amide bonds. The molecule has 0 saturated heterocycles. The van der Waals surface area contributed by atoms with E-state index in [4.69, 9.17) is 2.84 Å². The van der Waals surface area contributed by atoms with Gasteiger partial charge < -0.3 is 23.6 Å². The molecule has 1 nitrogen and oxygen atoms in total. The van der Waals surface area contributed by atoms with Crippen molar-refractivity contribution in [3.63, 3.8) is 0 Å². The van der Waals surface area contributed by atoms with Crippen molar-refractivity contribution in [2.24, 2.45) is 17.8 Å². The molecule has 0 aromatic heterocycles. The molecule has 0 aromatic rings. The summed E-state index contributed by atoms with van der Waals surface area (Å²) in [6, 6.07) is 0. The van der Waals surface area contributed by atoms with Gasteiger partial charge in [-0.05, 0) is 0 Å². The van der Waals surface area contributed by atoms with Crippen molar-refractivity contribution in [2.75, 3.05) is 0 Å². The van der Waals surface area contributed by atoms with Gasteiger partial charge in [-0.15, -0.1) is 0 Å². The van der Waals surface area contributed by atoms with E-state index < -0.39 is 0 Å². The molecule has 0 aromatic carbocycles. The predicted octanol–water partition coefficient (Wildman–Crippen LogP) is 3.00. The van der Waals surface area contributed by atoms with Crippen molar-refractivity contribution < 1.29 is 24.6 Å². The minimum Gasteiger partial charge on any atom is -0.645 e. The molecule has 0 aliphatic carbocycles. The zero-order valence-corrected chi connectivity index (χ0v) is 20.2. The molecule has 0 N–H and O–H groups in total. The Hall–Kier alpha value is 2.27. The van der Waals surface area contributed by atoms with E-state index in [-0.39, 0.29) is 54.6 Å². The molecule has 0 fully saturated rings.